The minimum absolute atomic E-state index is 0.223. The zero-order valence-electron chi connectivity index (χ0n) is 9.04. The molecule has 0 aromatic heterocycles. The van der Waals surface area contributed by atoms with Crippen molar-refractivity contribution in [3.8, 4) is 0 Å². The van der Waals surface area contributed by atoms with Crippen molar-refractivity contribution >= 4 is 0 Å². The second kappa shape index (κ2) is 3.23. The molecule has 0 aliphatic carbocycles. The van der Waals surface area contributed by atoms with Gasteiger partial charge in [-0.3, -0.25) is 0 Å². The Kier molecular flexibility index (Phi) is 2.72. The lowest BCUT2D eigenvalue weighted by Gasteiger charge is -2.51. The number of aliphatic hydroxyl groups excluding tert-OH is 1. The highest BCUT2D eigenvalue weighted by Gasteiger charge is 2.44. The van der Waals surface area contributed by atoms with E-state index >= 15 is 0 Å². The Morgan fingerprint density at radius 1 is 1.15 bits per heavy atom. The predicted molar refractivity (Wildman–Crippen MR) is 51.6 cm³/mol. The molecule has 0 amide bonds. The van der Waals surface area contributed by atoms with E-state index in [2.05, 4.69) is 0 Å². The number of nitrogens with zero attached hydrogens (tertiary/aromatic N) is 1. The fourth-order valence-electron chi connectivity index (χ4n) is 2.61. The highest BCUT2D eigenvalue weighted by atomic mass is 16.5. The Morgan fingerprint density at radius 2 is 1.54 bits per heavy atom. The van der Waals surface area contributed by atoms with E-state index in [-0.39, 0.29) is 17.7 Å². The summed E-state index contributed by atoms with van der Waals surface area (Å²) in [7, 11) is 0. The van der Waals surface area contributed by atoms with Crippen molar-refractivity contribution in [1.29, 1.82) is 0 Å². The molecule has 1 saturated heterocycles. The van der Waals surface area contributed by atoms with Gasteiger partial charge >= 0.3 is 0 Å². The molecule has 0 aromatic carbocycles. The van der Waals surface area contributed by atoms with Crippen molar-refractivity contribution in [1.82, 2.24) is 5.06 Å². The smallest absolute Gasteiger partial charge is 0.0460 e. The van der Waals surface area contributed by atoms with Crippen LogP contribution in [0.15, 0.2) is 0 Å². The molecule has 0 bridgehead atoms. The topological polar surface area (TPSA) is 43.7 Å². The SMILES string of the molecule is CC1(C)CC(CO)CC(C)(C)N1O. The van der Waals surface area contributed by atoms with Crippen molar-refractivity contribution in [3.05, 3.63) is 0 Å². The van der Waals surface area contributed by atoms with Crippen molar-refractivity contribution < 1.29 is 10.3 Å². The maximum absolute atomic E-state index is 9.93. The van der Waals surface area contributed by atoms with Gasteiger partial charge in [-0.15, -0.1) is 0 Å². The Bertz CT molecular complexity index is 171. The van der Waals surface area contributed by atoms with E-state index in [0.29, 0.717) is 5.92 Å². The number of hydroxylamine groups is 2. The first-order valence-electron chi connectivity index (χ1n) is 4.90. The van der Waals surface area contributed by atoms with Gasteiger partial charge in [-0.2, -0.15) is 5.06 Å². The molecule has 0 radical (unpaired) electrons. The molecule has 1 aliphatic rings. The Morgan fingerprint density at radius 3 is 1.85 bits per heavy atom. The maximum Gasteiger partial charge on any atom is 0.0460 e. The lowest BCUT2D eigenvalue weighted by Crippen LogP contribution is -2.59. The van der Waals surface area contributed by atoms with Gasteiger partial charge in [0.15, 0.2) is 0 Å². The second-order valence-electron chi connectivity index (χ2n) is 5.39. The third-order valence-electron chi connectivity index (χ3n) is 2.98. The number of aliphatic hydroxyl groups is 1. The normalized spacial score (nSPS) is 29.1. The van der Waals surface area contributed by atoms with Gasteiger partial charge < -0.3 is 10.3 Å². The lowest BCUT2D eigenvalue weighted by molar-refractivity contribution is -0.252. The number of hydrogen-bond donors (Lipinski definition) is 2. The highest BCUT2D eigenvalue weighted by molar-refractivity contribution is 4.95. The van der Waals surface area contributed by atoms with Crippen LogP contribution in [-0.4, -0.2) is 33.1 Å². The second-order valence-corrected chi connectivity index (χ2v) is 5.39. The van der Waals surface area contributed by atoms with Gasteiger partial charge in [0.25, 0.3) is 0 Å². The van der Waals surface area contributed by atoms with Crippen LogP contribution in [0.5, 0.6) is 0 Å². The average Bonchev–Trinajstić information content (AvgIpc) is 1.99. The van der Waals surface area contributed by atoms with Gasteiger partial charge in [-0.25, -0.2) is 0 Å². The van der Waals surface area contributed by atoms with Gasteiger partial charge in [-0.05, 0) is 46.5 Å². The fourth-order valence-corrected chi connectivity index (χ4v) is 2.61. The summed E-state index contributed by atoms with van der Waals surface area (Å²) < 4.78 is 0. The van der Waals surface area contributed by atoms with Gasteiger partial charge in [0.1, 0.15) is 0 Å². The zero-order chi connectivity index (χ0) is 10.3. The van der Waals surface area contributed by atoms with E-state index in [1.54, 1.807) is 0 Å². The molecule has 0 aromatic rings. The van der Waals surface area contributed by atoms with Crippen LogP contribution in [0, 0.1) is 5.92 Å². The molecule has 1 aliphatic heterocycles. The van der Waals surface area contributed by atoms with Crippen molar-refractivity contribution in [2.75, 3.05) is 6.61 Å². The molecule has 0 unspecified atom stereocenters. The van der Waals surface area contributed by atoms with E-state index < -0.39 is 0 Å². The molecular formula is C10H21NO2. The van der Waals surface area contributed by atoms with Crippen LogP contribution in [-0.2, 0) is 0 Å². The number of piperidine rings is 1. The van der Waals surface area contributed by atoms with Gasteiger partial charge in [0, 0.05) is 17.7 Å². The Balaban J connectivity index is 2.82. The summed E-state index contributed by atoms with van der Waals surface area (Å²) in [6.07, 6.45) is 1.70. The third-order valence-corrected chi connectivity index (χ3v) is 2.98. The van der Waals surface area contributed by atoms with Crippen LogP contribution >= 0.6 is 0 Å². The predicted octanol–water partition coefficient (Wildman–Crippen LogP) is 1.64. The molecule has 1 fully saturated rings. The molecule has 3 nitrogen and oxygen atoms in total. The maximum atomic E-state index is 9.93. The first kappa shape index (κ1) is 11.0. The highest BCUT2D eigenvalue weighted by Crippen LogP contribution is 2.39. The molecular weight excluding hydrogens is 166 g/mol. The van der Waals surface area contributed by atoms with E-state index in [1.165, 1.54) is 5.06 Å². The quantitative estimate of drug-likeness (QED) is 0.656. The Hall–Kier alpha value is -0.120. The van der Waals surface area contributed by atoms with Crippen molar-refractivity contribution in [3.63, 3.8) is 0 Å². The van der Waals surface area contributed by atoms with Crippen LogP contribution in [0.1, 0.15) is 40.5 Å². The van der Waals surface area contributed by atoms with E-state index in [4.69, 9.17) is 5.11 Å². The van der Waals surface area contributed by atoms with Gasteiger partial charge in [0.05, 0.1) is 0 Å². The first-order valence-corrected chi connectivity index (χ1v) is 4.90. The zero-order valence-corrected chi connectivity index (χ0v) is 9.04. The lowest BCUT2D eigenvalue weighted by atomic mass is 9.76. The number of rotatable bonds is 1. The summed E-state index contributed by atoms with van der Waals surface area (Å²) in [6, 6.07) is 0. The number of hydrogen-bond acceptors (Lipinski definition) is 3. The summed E-state index contributed by atoms with van der Waals surface area (Å²) in [6.45, 7) is 8.26. The molecule has 3 heteroatoms. The minimum atomic E-state index is -0.227. The van der Waals surface area contributed by atoms with Gasteiger partial charge in [-0.1, -0.05) is 0 Å². The van der Waals surface area contributed by atoms with Crippen LogP contribution in [0.25, 0.3) is 0 Å². The molecule has 0 atom stereocenters. The molecule has 0 saturated carbocycles. The summed E-state index contributed by atoms with van der Waals surface area (Å²) in [5.41, 5.74) is -0.454. The monoisotopic (exact) mass is 187 g/mol. The first-order chi connectivity index (χ1) is 5.79. The summed E-state index contributed by atoms with van der Waals surface area (Å²) in [4.78, 5) is 0. The molecule has 1 heterocycles. The largest absolute Gasteiger partial charge is 0.396 e. The van der Waals surface area contributed by atoms with E-state index in [0.717, 1.165) is 12.8 Å². The van der Waals surface area contributed by atoms with E-state index in [1.807, 2.05) is 27.7 Å². The molecule has 0 spiro atoms. The van der Waals surface area contributed by atoms with Crippen LogP contribution in [0.4, 0.5) is 0 Å². The van der Waals surface area contributed by atoms with Crippen molar-refractivity contribution in [2.45, 2.75) is 51.6 Å². The summed E-state index contributed by atoms with van der Waals surface area (Å²) in [5, 5.41) is 20.5. The summed E-state index contributed by atoms with van der Waals surface area (Å²) >= 11 is 0. The third kappa shape index (κ3) is 2.03. The Labute approximate surface area is 80.3 Å². The molecule has 13 heavy (non-hydrogen) atoms. The van der Waals surface area contributed by atoms with Crippen molar-refractivity contribution in [2.24, 2.45) is 5.92 Å². The van der Waals surface area contributed by atoms with E-state index in [9.17, 15) is 5.21 Å². The summed E-state index contributed by atoms with van der Waals surface area (Å²) in [5.74, 6) is 0.313. The van der Waals surface area contributed by atoms with Crippen LogP contribution < -0.4 is 0 Å². The molecule has 2 N–H and O–H groups in total. The average molecular weight is 187 g/mol. The standard InChI is InChI=1S/C10H21NO2/c1-9(2)5-8(7-12)6-10(3,4)11(9)13/h8,12-13H,5-7H2,1-4H3. The van der Waals surface area contributed by atoms with Crippen LogP contribution in [0.2, 0.25) is 0 Å². The van der Waals surface area contributed by atoms with Crippen LogP contribution in [0.3, 0.4) is 0 Å². The fraction of sp³-hybridized carbons (Fsp3) is 1.00. The van der Waals surface area contributed by atoms with Gasteiger partial charge in [0.2, 0.25) is 0 Å². The molecule has 1 rings (SSSR count). The minimum Gasteiger partial charge on any atom is -0.396 e. The molecule has 78 valence electrons.